The second kappa shape index (κ2) is 6.02. The number of fused-ring (bicyclic) bond motifs is 2. The van der Waals surface area contributed by atoms with E-state index in [0.717, 1.165) is 46.9 Å². The quantitative estimate of drug-likeness (QED) is 0.843. The van der Waals surface area contributed by atoms with E-state index in [2.05, 4.69) is 14.5 Å². The third kappa shape index (κ3) is 2.77. The zero-order valence-electron chi connectivity index (χ0n) is 10.7. The van der Waals surface area contributed by atoms with Crippen molar-refractivity contribution in [1.29, 1.82) is 0 Å². The van der Waals surface area contributed by atoms with E-state index in [1.165, 1.54) is 0 Å². The molecule has 0 saturated carbocycles. The first-order chi connectivity index (χ1) is 9.80. The number of imidazole rings is 2. The Kier molecular flexibility index (Phi) is 4.13. The average molecular weight is 310 g/mol. The minimum atomic E-state index is 0.0561. The summed E-state index contributed by atoms with van der Waals surface area (Å²) < 4.78 is 4.09. The van der Waals surface area contributed by atoms with Gasteiger partial charge in [0.15, 0.2) is 16.6 Å². The van der Waals surface area contributed by atoms with Crippen molar-refractivity contribution >= 4 is 29.8 Å². The second-order valence-corrected chi connectivity index (χ2v) is 6.45. The fourth-order valence-electron chi connectivity index (χ4n) is 2.02. The molecule has 0 radical (unpaired) electrons. The second-order valence-electron chi connectivity index (χ2n) is 4.32. The molecule has 8 heteroatoms. The molecule has 0 saturated heterocycles. The first-order valence-corrected chi connectivity index (χ1v) is 8.22. The molecule has 106 valence electrons. The number of aliphatic hydroxyl groups excluding tert-OH is 1. The Morgan fingerprint density at radius 2 is 1.80 bits per heavy atom. The number of carbonyl (C=O) groups excluding carboxylic acids is 1. The summed E-state index contributed by atoms with van der Waals surface area (Å²) in [5.74, 6) is 2.20. The summed E-state index contributed by atoms with van der Waals surface area (Å²) in [5.41, 5.74) is 1.32. The molecule has 0 unspecified atom stereocenters. The van der Waals surface area contributed by atoms with E-state index in [9.17, 15) is 4.79 Å². The monoisotopic (exact) mass is 310 g/mol. The summed E-state index contributed by atoms with van der Waals surface area (Å²) in [6.07, 6.45) is 4.49. The smallest absolute Gasteiger partial charge is 0.170 e. The standard InChI is InChI=1S/C6H8N2OS.C6H6N2OS/c2*9-4-5-3-8-1-2-10-6(8)7-5/h3,9H,1-2,4H2;3-4H,1-2H2. The molecular weight excluding hydrogens is 296 g/mol. The van der Waals surface area contributed by atoms with E-state index in [1.54, 1.807) is 29.7 Å². The van der Waals surface area contributed by atoms with E-state index >= 15 is 0 Å². The molecule has 0 atom stereocenters. The first-order valence-electron chi connectivity index (χ1n) is 6.25. The van der Waals surface area contributed by atoms with Crippen LogP contribution in [0.1, 0.15) is 16.2 Å². The van der Waals surface area contributed by atoms with Crippen molar-refractivity contribution in [3.8, 4) is 0 Å². The minimum absolute atomic E-state index is 0.0561. The van der Waals surface area contributed by atoms with Gasteiger partial charge in [0.25, 0.3) is 0 Å². The van der Waals surface area contributed by atoms with Gasteiger partial charge in [0.1, 0.15) is 5.69 Å². The number of nitrogens with zero attached hydrogens (tertiary/aromatic N) is 4. The number of hydrogen-bond donors (Lipinski definition) is 1. The third-order valence-electron chi connectivity index (χ3n) is 2.96. The van der Waals surface area contributed by atoms with Crippen LogP contribution in [0.2, 0.25) is 0 Å². The molecule has 0 amide bonds. The number of aryl methyl sites for hydroxylation is 2. The van der Waals surface area contributed by atoms with Gasteiger partial charge in [-0.3, -0.25) is 4.79 Å². The lowest BCUT2D eigenvalue weighted by Gasteiger charge is -1.87. The number of hydrogen-bond acceptors (Lipinski definition) is 6. The van der Waals surface area contributed by atoms with Crippen molar-refractivity contribution < 1.29 is 9.90 Å². The van der Waals surface area contributed by atoms with Crippen LogP contribution in [0, 0.1) is 0 Å². The Labute approximate surface area is 124 Å². The number of carbonyl (C=O) groups is 1. The molecule has 0 fully saturated rings. The van der Waals surface area contributed by atoms with Gasteiger partial charge in [-0.2, -0.15) is 0 Å². The SMILES string of the molecule is O=Cc1cn2c(n1)SCC2.OCc1cn2c(n1)SCC2. The van der Waals surface area contributed by atoms with Crippen molar-refractivity contribution in [2.24, 2.45) is 0 Å². The summed E-state index contributed by atoms with van der Waals surface area (Å²) in [5, 5.41) is 10.7. The van der Waals surface area contributed by atoms with Crippen molar-refractivity contribution in [2.75, 3.05) is 11.5 Å². The Bertz CT molecular complexity index is 580. The van der Waals surface area contributed by atoms with E-state index in [4.69, 9.17) is 5.11 Å². The first kappa shape index (κ1) is 13.7. The molecule has 0 aliphatic carbocycles. The molecule has 2 aliphatic rings. The summed E-state index contributed by atoms with van der Waals surface area (Å²) in [7, 11) is 0. The molecule has 0 aromatic carbocycles. The van der Waals surface area contributed by atoms with Gasteiger partial charge < -0.3 is 14.2 Å². The largest absolute Gasteiger partial charge is 0.390 e. The minimum Gasteiger partial charge on any atom is -0.390 e. The summed E-state index contributed by atoms with van der Waals surface area (Å²) in [6, 6.07) is 0. The Balaban J connectivity index is 0.000000121. The van der Waals surface area contributed by atoms with Gasteiger partial charge in [-0.25, -0.2) is 9.97 Å². The molecule has 2 aromatic rings. The van der Waals surface area contributed by atoms with Crippen molar-refractivity contribution in [1.82, 2.24) is 19.1 Å². The normalized spacial score (nSPS) is 15.4. The molecule has 1 N–H and O–H groups in total. The maximum absolute atomic E-state index is 10.2. The molecule has 4 rings (SSSR count). The molecule has 2 aliphatic heterocycles. The lowest BCUT2D eigenvalue weighted by Crippen LogP contribution is -1.89. The molecular formula is C12H14N4O2S2. The van der Waals surface area contributed by atoms with Crippen molar-refractivity contribution in [3.05, 3.63) is 23.8 Å². The fraction of sp³-hybridized carbons (Fsp3) is 0.417. The van der Waals surface area contributed by atoms with Crippen LogP contribution < -0.4 is 0 Å². The van der Waals surface area contributed by atoms with Gasteiger partial charge in [0, 0.05) is 37.0 Å². The van der Waals surface area contributed by atoms with Crippen LogP contribution in [0.15, 0.2) is 22.7 Å². The van der Waals surface area contributed by atoms with E-state index in [1.807, 2.05) is 10.8 Å². The fourth-order valence-corrected chi connectivity index (χ4v) is 3.94. The van der Waals surface area contributed by atoms with Crippen LogP contribution in [-0.4, -0.2) is 42.0 Å². The number of aldehydes is 1. The van der Waals surface area contributed by atoms with Gasteiger partial charge in [-0.05, 0) is 0 Å². The number of thioether (sulfide) groups is 2. The third-order valence-corrected chi connectivity index (χ3v) is 4.90. The average Bonchev–Trinajstić information content (AvgIpc) is 3.17. The number of aliphatic hydroxyl groups is 1. The zero-order chi connectivity index (χ0) is 13.9. The van der Waals surface area contributed by atoms with Crippen LogP contribution in [0.3, 0.4) is 0 Å². The number of rotatable bonds is 2. The predicted molar refractivity (Wildman–Crippen MR) is 77.2 cm³/mol. The highest BCUT2D eigenvalue weighted by atomic mass is 32.2. The van der Waals surface area contributed by atoms with Gasteiger partial charge >= 0.3 is 0 Å². The maximum Gasteiger partial charge on any atom is 0.170 e. The van der Waals surface area contributed by atoms with Crippen LogP contribution in [0.4, 0.5) is 0 Å². The highest BCUT2D eigenvalue weighted by Crippen LogP contribution is 2.24. The Hall–Kier alpha value is -1.25. The zero-order valence-corrected chi connectivity index (χ0v) is 12.4. The van der Waals surface area contributed by atoms with E-state index in [-0.39, 0.29) is 6.61 Å². The van der Waals surface area contributed by atoms with E-state index in [0.29, 0.717) is 5.69 Å². The van der Waals surface area contributed by atoms with Gasteiger partial charge in [0.05, 0.1) is 12.3 Å². The van der Waals surface area contributed by atoms with Crippen LogP contribution in [0.25, 0.3) is 0 Å². The van der Waals surface area contributed by atoms with Gasteiger partial charge in [-0.1, -0.05) is 23.5 Å². The Morgan fingerprint density at radius 1 is 1.15 bits per heavy atom. The van der Waals surface area contributed by atoms with Crippen LogP contribution >= 0.6 is 23.5 Å². The highest BCUT2D eigenvalue weighted by Gasteiger charge is 2.13. The summed E-state index contributed by atoms with van der Waals surface area (Å²) in [6.45, 7) is 2.08. The van der Waals surface area contributed by atoms with Crippen LogP contribution in [-0.2, 0) is 19.7 Å². The summed E-state index contributed by atoms with van der Waals surface area (Å²) >= 11 is 3.44. The number of aromatic nitrogens is 4. The summed E-state index contributed by atoms with van der Waals surface area (Å²) in [4.78, 5) is 18.5. The van der Waals surface area contributed by atoms with Crippen LogP contribution in [0.5, 0.6) is 0 Å². The lowest BCUT2D eigenvalue weighted by atomic mass is 10.5. The molecule has 20 heavy (non-hydrogen) atoms. The predicted octanol–water partition coefficient (Wildman–Crippen LogP) is 1.28. The molecule has 0 bridgehead atoms. The van der Waals surface area contributed by atoms with Gasteiger partial charge in [-0.15, -0.1) is 0 Å². The molecule has 6 nitrogen and oxygen atoms in total. The molecule has 0 spiro atoms. The van der Waals surface area contributed by atoms with Crippen molar-refractivity contribution in [3.63, 3.8) is 0 Å². The van der Waals surface area contributed by atoms with Crippen molar-refractivity contribution in [2.45, 2.75) is 30.0 Å². The Morgan fingerprint density at radius 3 is 2.35 bits per heavy atom. The maximum atomic E-state index is 10.2. The van der Waals surface area contributed by atoms with E-state index < -0.39 is 0 Å². The lowest BCUT2D eigenvalue weighted by molar-refractivity contribution is 0.111. The molecule has 2 aromatic heterocycles. The van der Waals surface area contributed by atoms with Gasteiger partial charge in [0.2, 0.25) is 0 Å². The topological polar surface area (TPSA) is 72.9 Å². The molecule has 4 heterocycles. The highest BCUT2D eigenvalue weighted by molar-refractivity contribution is 7.99.